The number of ether oxygens (including phenoxy) is 2. The summed E-state index contributed by atoms with van der Waals surface area (Å²) in [6.45, 7) is 0.637. The average molecular weight is 259 g/mol. The highest BCUT2D eigenvalue weighted by molar-refractivity contribution is 5.48. The van der Waals surface area contributed by atoms with Crippen molar-refractivity contribution in [1.29, 1.82) is 0 Å². The third-order valence-electron chi connectivity index (χ3n) is 2.84. The zero-order valence-electron chi connectivity index (χ0n) is 11.0. The van der Waals surface area contributed by atoms with Gasteiger partial charge in [-0.3, -0.25) is 0 Å². The fraction of sp³-hybridized carbons (Fsp3) is 0.200. The molecule has 0 spiro atoms. The number of nitrogens with one attached hydrogen (secondary N) is 1. The van der Waals surface area contributed by atoms with Gasteiger partial charge in [-0.2, -0.15) is 0 Å². The molecule has 2 N–H and O–H groups in total. The Kier molecular flexibility index (Phi) is 4.13. The molecule has 0 unspecified atom stereocenters. The molecule has 2 aromatic rings. The zero-order valence-corrected chi connectivity index (χ0v) is 11.0. The second-order valence-corrected chi connectivity index (χ2v) is 4.08. The van der Waals surface area contributed by atoms with Gasteiger partial charge in [-0.25, -0.2) is 0 Å². The van der Waals surface area contributed by atoms with Gasteiger partial charge in [-0.05, 0) is 36.4 Å². The van der Waals surface area contributed by atoms with Crippen molar-refractivity contribution in [1.82, 2.24) is 0 Å². The summed E-state index contributed by atoms with van der Waals surface area (Å²) in [6, 6.07) is 12.7. The second-order valence-electron chi connectivity index (χ2n) is 4.08. The number of rotatable bonds is 5. The Labute approximate surface area is 112 Å². The Balaban J connectivity index is 2.08. The van der Waals surface area contributed by atoms with Crippen LogP contribution in [0.1, 0.15) is 5.56 Å². The lowest BCUT2D eigenvalue weighted by Crippen LogP contribution is -2.01. The predicted molar refractivity (Wildman–Crippen MR) is 75.0 cm³/mol. The Morgan fingerprint density at radius 2 is 1.74 bits per heavy atom. The largest absolute Gasteiger partial charge is 0.508 e. The Hall–Kier alpha value is -2.36. The van der Waals surface area contributed by atoms with Crippen LogP contribution < -0.4 is 14.8 Å². The van der Waals surface area contributed by atoms with Crippen LogP contribution in [0.3, 0.4) is 0 Å². The highest BCUT2D eigenvalue weighted by Crippen LogP contribution is 2.25. The van der Waals surface area contributed by atoms with Gasteiger partial charge in [0.15, 0.2) is 0 Å². The summed E-state index contributed by atoms with van der Waals surface area (Å²) in [6.07, 6.45) is 0. The van der Waals surface area contributed by atoms with Crippen LogP contribution in [-0.4, -0.2) is 19.3 Å². The molecule has 0 bridgehead atoms. The maximum Gasteiger partial charge on any atom is 0.127 e. The monoisotopic (exact) mass is 259 g/mol. The quantitative estimate of drug-likeness (QED) is 0.810. The summed E-state index contributed by atoms with van der Waals surface area (Å²) >= 11 is 0. The summed E-state index contributed by atoms with van der Waals surface area (Å²) < 4.78 is 10.5. The molecule has 0 aromatic heterocycles. The molecule has 0 atom stereocenters. The number of phenols is 1. The van der Waals surface area contributed by atoms with Crippen molar-refractivity contribution in [2.75, 3.05) is 19.5 Å². The van der Waals surface area contributed by atoms with Gasteiger partial charge in [0.25, 0.3) is 0 Å². The van der Waals surface area contributed by atoms with Gasteiger partial charge in [0, 0.05) is 23.9 Å². The average Bonchev–Trinajstić information content (AvgIpc) is 2.46. The Morgan fingerprint density at radius 3 is 2.37 bits per heavy atom. The van der Waals surface area contributed by atoms with E-state index in [1.54, 1.807) is 26.4 Å². The van der Waals surface area contributed by atoms with E-state index in [4.69, 9.17) is 9.47 Å². The molecule has 0 fully saturated rings. The minimum atomic E-state index is 0.257. The molecule has 0 aliphatic heterocycles. The number of hydrogen-bond acceptors (Lipinski definition) is 4. The molecule has 0 heterocycles. The van der Waals surface area contributed by atoms with Crippen LogP contribution in [0.4, 0.5) is 5.69 Å². The van der Waals surface area contributed by atoms with E-state index in [1.165, 1.54) is 0 Å². The molecule has 100 valence electrons. The van der Waals surface area contributed by atoms with Gasteiger partial charge in [0.05, 0.1) is 14.2 Å². The van der Waals surface area contributed by atoms with E-state index < -0.39 is 0 Å². The zero-order chi connectivity index (χ0) is 13.7. The van der Waals surface area contributed by atoms with E-state index in [-0.39, 0.29) is 5.75 Å². The van der Waals surface area contributed by atoms with Crippen molar-refractivity contribution < 1.29 is 14.6 Å². The highest BCUT2D eigenvalue weighted by atomic mass is 16.5. The smallest absolute Gasteiger partial charge is 0.127 e. The fourth-order valence-electron chi connectivity index (χ4n) is 1.77. The van der Waals surface area contributed by atoms with E-state index >= 15 is 0 Å². The summed E-state index contributed by atoms with van der Waals surface area (Å²) in [5.41, 5.74) is 1.98. The van der Waals surface area contributed by atoms with Crippen molar-refractivity contribution >= 4 is 5.69 Å². The second kappa shape index (κ2) is 6.00. The Bertz CT molecular complexity index is 538. The van der Waals surface area contributed by atoms with Gasteiger partial charge in [0.1, 0.15) is 17.2 Å². The molecular weight excluding hydrogens is 242 g/mol. The number of phenolic OH excluding ortho intramolecular Hbond substituents is 1. The van der Waals surface area contributed by atoms with Gasteiger partial charge in [-0.15, -0.1) is 0 Å². The fourth-order valence-corrected chi connectivity index (χ4v) is 1.77. The van der Waals surface area contributed by atoms with E-state index in [0.717, 1.165) is 22.7 Å². The molecule has 2 aromatic carbocycles. The van der Waals surface area contributed by atoms with Crippen molar-refractivity contribution in [3.8, 4) is 17.2 Å². The van der Waals surface area contributed by atoms with Crippen LogP contribution in [0, 0.1) is 0 Å². The van der Waals surface area contributed by atoms with Crippen LogP contribution in [0.2, 0.25) is 0 Å². The van der Waals surface area contributed by atoms with E-state index in [0.29, 0.717) is 6.54 Å². The molecule has 0 aliphatic carbocycles. The summed E-state index contributed by atoms with van der Waals surface area (Å²) in [5.74, 6) is 1.81. The molecule has 0 saturated carbocycles. The van der Waals surface area contributed by atoms with E-state index in [2.05, 4.69) is 5.32 Å². The normalized spacial score (nSPS) is 10.0. The number of benzene rings is 2. The molecule has 0 saturated heterocycles. The van der Waals surface area contributed by atoms with Crippen molar-refractivity contribution in [2.45, 2.75) is 6.54 Å². The first-order chi connectivity index (χ1) is 9.22. The van der Waals surface area contributed by atoms with Crippen molar-refractivity contribution in [3.63, 3.8) is 0 Å². The van der Waals surface area contributed by atoms with E-state index in [9.17, 15) is 5.11 Å². The number of aromatic hydroxyl groups is 1. The Morgan fingerprint density at radius 1 is 1.00 bits per heavy atom. The third kappa shape index (κ3) is 3.31. The topological polar surface area (TPSA) is 50.7 Å². The minimum Gasteiger partial charge on any atom is -0.508 e. The molecule has 0 amide bonds. The number of hydrogen-bond donors (Lipinski definition) is 2. The molecule has 4 nitrogen and oxygen atoms in total. The molecular formula is C15H17NO3. The summed E-state index contributed by atoms with van der Waals surface area (Å²) in [7, 11) is 3.27. The standard InChI is InChI=1S/C15H17NO3/c1-18-14-8-3-11(15(9-14)19-2)10-16-12-4-6-13(17)7-5-12/h3-9,16-17H,10H2,1-2H3. The molecule has 19 heavy (non-hydrogen) atoms. The SMILES string of the molecule is COc1ccc(CNc2ccc(O)cc2)c(OC)c1. The van der Waals surface area contributed by atoms with Gasteiger partial charge in [-0.1, -0.05) is 0 Å². The molecule has 0 aliphatic rings. The minimum absolute atomic E-state index is 0.257. The van der Waals surface area contributed by atoms with Gasteiger partial charge < -0.3 is 19.9 Å². The van der Waals surface area contributed by atoms with Crippen molar-refractivity contribution in [2.24, 2.45) is 0 Å². The maximum atomic E-state index is 9.22. The lowest BCUT2D eigenvalue weighted by atomic mass is 10.2. The van der Waals surface area contributed by atoms with Gasteiger partial charge in [0.2, 0.25) is 0 Å². The predicted octanol–water partition coefficient (Wildman–Crippen LogP) is 3.02. The molecule has 4 heteroatoms. The molecule has 2 rings (SSSR count). The third-order valence-corrected chi connectivity index (χ3v) is 2.84. The first kappa shape index (κ1) is 13.1. The van der Waals surface area contributed by atoms with Crippen LogP contribution in [0.15, 0.2) is 42.5 Å². The van der Waals surface area contributed by atoms with Gasteiger partial charge >= 0.3 is 0 Å². The van der Waals surface area contributed by atoms with Crippen LogP contribution in [0.25, 0.3) is 0 Å². The first-order valence-corrected chi connectivity index (χ1v) is 5.96. The number of methoxy groups -OCH3 is 2. The highest BCUT2D eigenvalue weighted by Gasteiger charge is 2.04. The van der Waals surface area contributed by atoms with E-state index in [1.807, 2.05) is 30.3 Å². The molecule has 0 radical (unpaired) electrons. The summed E-state index contributed by atoms with van der Waals surface area (Å²) in [4.78, 5) is 0. The maximum absolute atomic E-state index is 9.22. The van der Waals surface area contributed by atoms with Crippen LogP contribution in [-0.2, 0) is 6.54 Å². The number of anilines is 1. The van der Waals surface area contributed by atoms with Crippen LogP contribution >= 0.6 is 0 Å². The lowest BCUT2D eigenvalue weighted by molar-refractivity contribution is 0.391. The van der Waals surface area contributed by atoms with Crippen LogP contribution in [0.5, 0.6) is 17.2 Å². The first-order valence-electron chi connectivity index (χ1n) is 5.96. The van der Waals surface area contributed by atoms with Crippen molar-refractivity contribution in [3.05, 3.63) is 48.0 Å². The lowest BCUT2D eigenvalue weighted by Gasteiger charge is -2.12. The summed E-state index contributed by atoms with van der Waals surface area (Å²) in [5, 5.41) is 12.5.